The molecular formula is C24H25N5O3. The maximum Gasteiger partial charge on any atom is 0.359 e. The van der Waals surface area contributed by atoms with Gasteiger partial charge in [-0.05, 0) is 43.2 Å². The Morgan fingerprint density at radius 1 is 1.12 bits per heavy atom. The number of esters is 1. The molecule has 164 valence electrons. The predicted molar refractivity (Wildman–Crippen MR) is 119 cm³/mol. The van der Waals surface area contributed by atoms with Gasteiger partial charge in [-0.25, -0.2) is 9.48 Å². The van der Waals surface area contributed by atoms with Gasteiger partial charge in [0.05, 0.1) is 18.2 Å². The third kappa shape index (κ3) is 5.19. The molecule has 8 heteroatoms. The Morgan fingerprint density at radius 3 is 2.44 bits per heavy atom. The minimum Gasteiger partial charge on any atom is -0.448 e. The first-order valence-corrected chi connectivity index (χ1v) is 10.4. The second kappa shape index (κ2) is 10.4. The molecule has 0 saturated carbocycles. The number of rotatable bonds is 8. The zero-order valence-electron chi connectivity index (χ0n) is 18.3. The van der Waals surface area contributed by atoms with Gasteiger partial charge in [-0.1, -0.05) is 32.0 Å². The van der Waals surface area contributed by atoms with Gasteiger partial charge in [0.2, 0.25) is 0 Å². The maximum atomic E-state index is 13.0. The Morgan fingerprint density at radius 2 is 1.81 bits per heavy atom. The van der Waals surface area contributed by atoms with Crippen LogP contribution in [0, 0.1) is 11.3 Å². The molecule has 2 heterocycles. The average molecular weight is 431 g/mol. The van der Waals surface area contributed by atoms with Crippen LogP contribution < -0.4 is 4.90 Å². The van der Waals surface area contributed by atoms with Crippen LogP contribution in [-0.4, -0.2) is 39.3 Å². The lowest BCUT2D eigenvalue weighted by Crippen LogP contribution is -2.40. The van der Waals surface area contributed by atoms with Crippen LogP contribution in [0.1, 0.15) is 49.3 Å². The first-order chi connectivity index (χ1) is 15.4. The van der Waals surface area contributed by atoms with Crippen molar-refractivity contribution >= 4 is 17.6 Å². The topological polar surface area (TPSA) is 101 Å². The molecule has 0 N–H and O–H groups in total. The normalized spacial score (nSPS) is 11.6. The van der Waals surface area contributed by atoms with Crippen molar-refractivity contribution in [3.05, 3.63) is 72.3 Å². The lowest BCUT2D eigenvalue weighted by atomic mass is 10.1. The Hall–Kier alpha value is -3.99. The zero-order valence-corrected chi connectivity index (χ0v) is 18.3. The van der Waals surface area contributed by atoms with E-state index in [1.807, 2.05) is 26.0 Å². The van der Waals surface area contributed by atoms with Gasteiger partial charge in [-0.3, -0.25) is 9.78 Å². The molecule has 0 fully saturated rings. The van der Waals surface area contributed by atoms with Crippen molar-refractivity contribution in [1.82, 2.24) is 14.8 Å². The average Bonchev–Trinajstić information content (AvgIpc) is 3.26. The molecule has 3 rings (SSSR count). The fraction of sp³-hybridized carbons (Fsp3) is 0.292. The Bertz CT molecular complexity index is 1100. The molecule has 0 saturated heterocycles. The summed E-state index contributed by atoms with van der Waals surface area (Å²) in [5, 5.41) is 13.4. The minimum atomic E-state index is -1.05. The van der Waals surface area contributed by atoms with Crippen LogP contribution in [0.25, 0.3) is 5.69 Å². The number of hydrogen-bond donors (Lipinski definition) is 0. The van der Waals surface area contributed by atoms with Gasteiger partial charge in [0, 0.05) is 30.3 Å². The molecule has 0 radical (unpaired) electrons. The van der Waals surface area contributed by atoms with Gasteiger partial charge < -0.3 is 9.64 Å². The highest BCUT2D eigenvalue weighted by molar-refractivity contribution is 5.98. The number of ether oxygens (including phenoxy) is 1. The van der Waals surface area contributed by atoms with E-state index < -0.39 is 18.0 Å². The van der Waals surface area contributed by atoms with Crippen molar-refractivity contribution < 1.29 is 14.3 Å². The predicted octanol–water partition coefficient (Wildman–Crippen LogP) is 3.88. The highest BCUT2D eigenvalue weighted by Gasteiger charge is 2.27. The second-order valence-electron chi connectivity index (χ2n) is 7.51. The number of carbonyl (C=O) groups is 2. The van der Waals surface area contributed by atoms with Crippen molar-refractivity contribution in [2.45, 2.75) is 39.2 Å². The number of pyridine rings is 1. The SMILES string of the molecule is CC(C)c1cc(C(=O)O[C@@H](C)C(=O)N(CCC#N)c2ccccc2)nn1-c1ccncc1. The molecule has 2 aromatic heterocycles. The van der Waals surface area contributed by atoms with Crippen LogP contribution in [-0.2, 0) is 9.53 Å². The lowest BCUT2D eigenvalue weighted by molar-refractivity contribution is -0.126. The Kier molecular flexibility index (Phi) is 7.34. The van der Waals surface area contributed by atoms with Crippen LogP contribution >= 0.6 is 0 Å². The summed E-state index contributed by atoms with van der Waals surface area (Å²) in [7, 11) is 0. The summed E-state index contributed by atoms with van der Waals surface area (Å²) in [6, 6.07) is 16.3. The highest BCUT2D eigenvalue weighted by Crippen LogP contribution is 2.21. The van der Waals surface area contributed by atoms with Crippen LogP contribution in [0.2, 0.25) is 0 Å². The number of benzene rings is 1. The van der Waals surface area contributed by atoms with Gasteiger partial charge in [-0.2, -0.15) is 10.4 Å². The number of amides is 1. The van der Waals surface area contributed by atoms with Crippen LogP contribution in [0.5, 0.6) is 0 Å². The van der Waals surface area contributed by atoms with E-state index in [0.29, 0.717) is 5.69 Å². The molecule has 1 atom stereocenters. The van der Waals surface area contributed by atoms with Crippen LogP contribution in [0.4, 0.5) is 5.69 Å². The molecular weight excluding hydrogens is 406 g/mol. The van der Waals surface area contributed by atoms with Crippen molar-refractivity contribution in [3.8, 4) is 11.8 Å². The lowest BCUT2D eigenvalue weighted by Gasteiger charge is -2.24. The van der Waals surface area contributed by atoms with Gasteiger partial charge in [0.25, 0.3) is 5.91 Å². The standard InChI is InChI=1S/C24H25N5O3/c1-17(2)22-16-21(27-29(22)20-10-13-26-14-11-20)24(31)32-18(3)23(30)28(15-7-12-25)19-8-5-4-6-9-19/h4-6,8-11,13-14,16-18H,7,15H2,1-3H3/t18-/m0/s1. The van der Waals surface area contributed by atoms with E-state index in [1.54, 1.807) is 59.5 Å². The summed E-state index contributed by atoms with van der Waals surface area (Å²) in [6.07, 6.45) is 2.42. The molecule has 0 spiro atoms. The van der Waals surface area contributed by atoms with Gasteiger partial charge >= 0.3 is 5.97 Å². The first kappa shape index (κ1) is 22.7. The molecule has 0 aliphatic rings. The molecule has 32 heavy (non-hydrogen) atoms. The Labute approximate surface area is 187 Å². The first-order valence-electron chi connectivity index (χ1n) is 10.4. The number of aromatic nitrogens is 3. The molecule has 0 aliphatic carbocycles. The summed E-state index contributed by atoms with van der Waals surface area (Å²) < 4.78 is 7.14. The third-order valence-corrected chi connectivity index (χ3v) is 4.86. The number of para-hydroxylation sites is 1. The van der Waals surface area contributed by atoms with Crippen LogP contribution in [0.15, 0.2) is 60.9 Å². The van der Waals surface area contributed by atoms with Crippen molar-refractivity contribution in [1.29, 1.82) is 5.26 Å². The quantitative estimate of drug-likeness (QED) is 0.502. The second-order valence-corrected chi connectivity index (χ2v) is 7.51. The third-order valence-electron chi connectivity index (χ3n) is 4.86. The molecule has 8 nitrogen and oxygen atoms in total. The molecule has 0 bridgehead atoms. The number of nitriles is 1. The fourth-order valence-corrected chi connectivity index (χ4v) is 3.23. The summed E-state index contributed by atoms with van der Waals surface area (Å²) in [6.45, 7) is 5.73. The number of anilines is 1. The Balaban J connectivity index is 1.80. The van der Waals surface area contributed by atoms with E-state index in [1.165, 1.54) is 11.8 Å². The van der Waals surface area contributed by atoms with Gasteiger partial charge in [-0.15, -0.1) is 0 Å². The number of hydrogen-bond acceptors (Lipinski definition) is 6. The highest BCUT2D eigenvalue weighted by atomic mass is 16.5. The number of carbonyl (C=O) groups excluding carboxylic acids is 2. The van der Waals surface area contributed by atoms with Gasteiger partial charge in [0.15, 0.2) is 11.8 Å². The molecule has 0 aliphatic heterocycles. The van der Waals surface area contributed by atoms with Gasteiger partial charge in [0.1, 0.15) is 0 Å². The molecule has 1 aromatic carbocycles. The fourth-order valence-electron chi connectivity index (χ4n) is 3.23. The van der Waals surface area contributed by atoms with Crippen molar-refractivity contribution in [3.63, 3.8) is 0 Å². The maximum absolute atomic E-state index is 13.0. The molecule has 3 aromatic rings. The van der Waals surface area contributed by atoms with E-state index in [-0.39, 0.29) is 24.6 Å². The van der Waals surface area contributed by atoms with E-state index in [9.17, 15) is 9.59 Å². The summed E-state index contributed by atoms with van der Waals surface area (Å²) in [5.74, 6) is -0.984. The van der Waals surface area contributed by atoms with Crippen molar-refractivity contribution in [2.24, 2.45) is 0 Å². The molecule has 0 unspecified atom stereocenters. The van der Waals surface area contributed by atoms with Crippen LogP contribution in [0.3, 0.4) is 0 Å². The zero-order chi connectivity index (χ0) is 23.1. The molecule has 1 amide bonds. The smallest absolute Gasteiger partial charge is 0.359 e. The summed E-state index contributed by atoms with van der Waals surface area (Å²) >= 11 is 0. The van der Waals surface area contributed by atoms with E-state index in [2.05, 4.69) is 10.1 Å². The summed E-state index contributed by atoms with van der Waals surface area (Å²) in [4.78, 5) is 31.3. The summed E-state index contributed by atoms with van der Waals surface area (Å²) in [5.41, 5.74) is 2.37. The van der Waals surface area contributed by atoms with Crippen molar-refractivity contribution in [2.75, 3.05) is 11.4 Å². The van der Waals surface area contributed by atoms with E-state index >= 15 is 0 Å². The minimum absolute atomic E-state index is 0.107. The van der Waals surface area contributed by atoms with E-state index in [4.69, 9.17) is 10.00 Å². The monoisotopic (exact) mass is 431 g/mol. The largest absolute Gasteiger partial charge is 0.448 e. The number of nitrogens with zero attached hydrogens (tertiary/aromatic N) is 5. The van der Waals surface area contributed by atoms with E-state index in [0.717, 1.165) is 11.4 Å².